The summed E-state index contributed by atoms with van der Waals surface area (Å²) < 4.78 is 5.07. The topological polar surface area (TPSA) is 111 Å². The normalized spacial score (nSPS) is 16.9. The van der Waals surface area contributed by atoms with Crippen molar-refractivity contribution >= 4 is 46.6 Å². The Morgan fingerprint density at radius 2 is 1.61 bits per heavy atom. The van der Waals surface area contributed by atoms with Gasteiger partial charge in [0.05, 0.1) is 23.5 Å². The molecule has 1 aliphatic carbocycles. The van der Waals surface area contributed by atoms with Gasteiger partial charge >= 0.3 is 12.0 Å². The molecule has 1 saturated carbocycles. The van der Waals surface area contributed by atoms with Gasteiger partial charge in [-0.2, -0.15) is 0 Å². The molecule has 0 saturated heterocycles. The fourth-order valence-electron chi connectivity index (χ4n) is 5.92. The zero-order valence-electron chi connectivity index (χ0n) is 25.2. The molecule has 1 heterocycles. The van der Waals surface area contributed by atoms with Crippen LogP contribution in [0.2, 0.25) is 0 Å². The minimum Gasteiger partial charge on any atom is -0.462 e. The predicted molar refractivity (Wildman–Crippen MR) is 171 cm³/mol. The van der Waals surface area contributed by atoms with E-state index in [1.807, 2.05) is 54.6 Å². The summed E-state index contributed by atoms with van der Waals surface area (Å²) in [5.41, 5.74) is 2.93. The minimum absolute atomic E-state index is 0.193. The molecule has 0 bridgehead atoms. The zero-order chi connectivity index (χ0) is 31.1. The molecule has 2 N–H and O–H groups in total. The molecular formula is C34H39N5O5. The van der Waals surface area contributed by atoms with E-state index in [0.717, 1.165) is 37.1 Å². The fraction of sp³-hybridized carbons (Fsp3) is 0.353. The van der Waals surface area contributed by atoms with Gasteiger partial charge in [0.15, 0.2) is 0 Å². The van der Waals surface area contributed by atoms with Crippen LogP contribution in [0.1, 0.15) is 49.4 Å². The Hall–Kier alpha value is -4.86. The third-order valence-corrected chi connectivity index (χ3v) is 8.19. The number of nitrogens with one attached hydrogen (secondary N) is 2. The highest BCUT2D eigenvalue weighted by Gasteiger charge is 2.38. The van der Waals surface area contributed by atoms with Gasteiger partial charge < -0.3 is 25.2 Å². The Bertz CT molecular complexity index is 1490. The molecule has 230 valence electrons. The van der Waals surface area contributed by atoms with E-state index in [9.17, 15) is 19.2 Å². The number of esters is 1. The number of nitrogens with zero attached hydrogens (tertiary/aromatic N) is 3. The number of hydrogen-bond donors (Lipinski definition) is 2. The van der Waals surface area contributed by atoms with Gasteiger partial charge in [-0.25, -0.2) is 9.59 Å². The highest BCUT2D eigenvalue weighted by molar-refractivity contribution is 6.09. The summed E-state index contributed by atoms with van der Waals surface area (Å²) in [5, 5.41) is 5.63. The van der Waals surface area contributed by atoms with Crippen LogP contribution in [0.25, 0.3) is 0 Å². The summed E-state index contributed by atoms with van der Waals surface area (Å²) in [6, 6.07) is 22.0. The van der Waals surface area contributed by atoms with Gasteiger partial charge in [0.25, 0.3) is 5.91 Å². The molecule has 0 aromatic heterocycles. The van der Waals surface area contributed by atoms with Crippen LogP contribution in [0, 0.1) is 0 Å². The van der Waals surface area contributed by atoms with Crippen molar-refractivity contribution in [2.45, 2.75) is 51.1 Å². The fourth-order valence-corrected chi connectivity index (χ4v) is 5.92. The van der Waals surface area contributed by atoms with E-state index in [-0.39, 0.29) is 37.6 Å². The van der Waals surface area contributed by atoms with Gasteiger partial charge in [-0.1, -0.05) is 55.7 Å². The average molecular weight is 598 g/mol. The number of urea groups is 1. The van der Waals surface area contributed by atoms with E-state index in [1.54, 1.807) is 32.2 Å². The van der Waals surface area contributed by atoms with E-state index in [0.29, 0.717) is 16.9 Å². The van der Waals surface area contributed by atoms with Gasteiger partial charge in [-0.3, -0.25) is 14.5 Å². The SMILES string of the molecule is CCOC(=O)c1cccc(NC(=O)NC2CN(C3CCCCC3)c3ccccc3N(CC(=O)N(C)c3ccccc3)C2=O)c1. The van der Waals surface area contributed by atoms with Crippen molar-refractivity contribution in [1.29, 1.82) is 0 Å². The molecule has 10 nitrogen and oxygen atoms in total. The number of carbonyl (C=O) groups excluding carboxylic acids is 4. The highest BCUT2D eigenvalue weighted by atomic mass is 16.5. The number of carbonyl (C=O) groups is 4. The van der Waals surface area contributed by atoms with Crippen molar-refractivity contribution in [2.75, 3.05) is 46.8 Å². The average Bonchev–Trinajstić information content (AvgIpc) is 3.16. The number of hydrogen-bond acceptors (Lipinski definition) is 6. The molecule has 2 aliphatic rings. The second kappa shape index (κ2) is 14.1. The van der Waals surface area contributed by atoms with Crippen LogP contribution in [-0.2, 0) is 14.3 Å². The van der Waals surface area contributed by atoms with E-state index in [1.165, 1.54) is 22.3 Å². The maximum atomic E-state index is 14.3. The first-order valence-corrected chi connectivity index (χ1v) is 15.2. The molecule has 3 aromatic carbocycles. The van der Waals surface area contributed by atoms with Crippen LogP contribution < -0.4 is 25.3 Å². The first kappa shape index (κ1) is 30.6. The van der Waals surface area contributed by atoms with Gasteiger partial charge in [0, 0.05) is 31.0 Å². The molecule has 10 heteroatoms. The number of para-hydroxylation sites is 3. The van der Waals surface area contributed by atoms with Crippen molar-refractivity contribution in [2.24, 2.45) is 0 Å². The summed E-state index contributed by atoms with van der Waals surface area (Å²) in [6.45, 7) is 2.03. The summed E-state index contributed by atoms with van der Waals surface area (Å²) >= 11 is 0. The molecule has 1 atom stereocenters. The van der Waals surface area contributed by atoms with Crippen molar-refractivity contribution in [3.05, 3.63) is 84.4 Å². The second-order valence-electron chi connectivity index (χ2n) is 11.1. The maximum absolute atomic E-state index is 14.3. The lowest BCUT2D eigenvalue weighted by Gasteiger charge is -2.37. The Kier molecular flexibility index (Phi) is 9.79. The number of rotatable bonds is 8. The molecular weight excluding hydrogens is 558 g/mol. The monoisotopic (exact) mass is 597 g/mol. The number of ether oxygens (including phenoxy) is 1. The molecule has 1 unspecified atom stereocenters. The van der Waals surface area contributed by atoms with Gasteiger partial charge in [-0.15, -0.1) is 0 Å². The summed E-state index contributed by atoms with van der Waals surface area (Å²) in [7, 11) is 1.69. The predicted octanol–water partition coefficient (Wildman–Crippen LogP) is 5.20. The number of anilines is 4. The second-order valence-corrected chi connectivity index (χ2v) is 11.1. The smallest absolute Gasteiger partial charge is 0.338 e. The van der Waals surface area contributed by atoms with E-state index < -0.39 is 18.0 Å². The lowest BCUT2D eigenvalue weighted by atomic mass is 9.93. The molecule has 44 heavy (non-hydrogen) atoms. The first-order chi connectivity index (χ1) is 21.4. The summed E-state index contributed by atoms with van der Waals surface area (Å²) in [5.74, 6) is -1.12. The largest absolute Gasteiger partial charge is 0.462 e. The standard InChI is InChI=1S/C34H39N5O5/c1-3-44-33(42)24-13-12-14-25(21-24)35-34(43)36-28-22-38(27-17-8-5-9-18-27)29-19-10-11-20-30(29)39(32(28)41)23-31(40)37(2)26-15-6-4-7-16-26/h4,6-7,10-16,19-21,27-28H,3,5,8-9,17-18,22-23H2,1-2H3,(H2,35,36,43). The summed E-state index contributed by atoms with van der Waals surface area (Å²) in [6.07, 6.45) is 5.33. The van der Waals surface area contributed by atoms with E-state index in [2.05, 4.69) is 15.5 Å². The molecule has 3 aromatic rings. The first-order valence-electron chi connectivity index (χ1n) is 15.2. The third kappa shape index (κ3) is 7.02. The van der Waals surface area contributed by atoms with Crippen molar-refractivity contribution < 1.29 is 23.9 Å². The molecule has 0 spiro atoms. The molecule has 0 radical (unpaired) electrons. The quantitative estimate of drug-likeness (QED) is 0.345. The van der Waals surface area contributed by atoms with E-state index >= 15 is 0 Å². The molecule has 1 aliphatic heterocycles. The van der Waals surface area contributed by atoms with E-state index in [4.69, 9.17) is 4.74 Å². The van der Waals surface area contributed by atoms with Gasteiger partial charge in [0.2, 0.25) is 5.91 Å². The van der Waals surface area contributed by atoms with Crippen LogP contribution in [0.3, 0.4) is 0 Å². The number of benzene rings is 3. The highest BCUT2D eigenvalue weighted by Crippen LogP contribution is 2.37. The molecule has 1 fully saturated rings. The number of fused-ring (bicyclic) bond motifs is 1. The lowest BCUT2D eigenvalue weighted by molar-refractivity contribution is -0.123. The number of likely N-dealkylation sites (N-methyl/N-ethyl adjacent to an activating group) is 1. The number of amides is 4. The minimum atomic E-state index is -0.938. The molecule has 5 rings (SSSR count). The van der Waals surface area contributed by atoms with Crippen molar-refractivity contribution in [3.63, 3.8) is 0 Å². The van der Waals surface area contributed by atoms with Crippen molar-refractivity contribution in [1.82, 2.24) is 5.32 Å². The summed E-state index contributed by atoms with van der Waals surface area (Å²) in [4.78, 5) is 58.6. The third-order valence-electron chi connectivity index (χ3n) is 8.19. The van der Waals surface area contributed by atoms with Gasteiger partial charge in [0.1, 0.15) is 12.6 Å². The van der Waals surface area contributed by atoms with Crippen molar-refractivity contribution in [3.8, 4) is 0 Å². The Morgan fingerprint density at radius 1 is 0.909 bits per heavy atom. The zero-order valence-corrected chi connectivity index (χ0v) is 25.2. The van der Waals surface area contributed by atoms with Crippen LogP contribution in [0.15, 0.2) is 78.9 Å². The van der Waals surface area contributed by atoms with Crippen LogP contribution in [-0.4, -0.2) is 62.6 Å². The Labute approximate surface area is 258 Å². The lowest BCUT2D eigenvalue weighted by Crippen LogP contribution is -2.55. The Balaban J connectivity index is 1.42. The van der Waals surface area contributed by atoms with Crippen LogP contribution in [0.4, 0.5) is 27.5 Å². The molecule has 4 amide bonds. The van der Waals surface area contributed by atoms with Crippen LogP contribution >= 0.6 is 0 Å². The van der Waals surface area contributed by atoms with Gasteiger partial charge in [-0.05, 0) is 62.2 Å². The van der Waals surface area contributed by atoms with Crippen LogP contribution in [0.5, 0.6) is 0 Å². The maximum Gasteiger partial charge on any atom is 0.338 e. The Morgan fingerprint density at radius 3 is 2.34 bits per heavy atom.